The van der Waals surface area contributed by atoms with E-state index in [0.29, 0.717) is 5.82 Å². The van der Waals surface area contributed by atoms with E-state index in [4.69, 9.17) is 5.53 Å². The highest BCUT2D eigenvalue weighted by molar-refractivity contribution is 6.08. The first-order valence-electron chi connectivity index (χ1n) is 9.43. The van der Waals surface area contributed by atoms with Crippen molar-refractivity contribution < 1.29 is 0 Å². The molecule has 5 nitrogen and oxygen atoms in total. The van der Waals surface area contributed by atoms with Crippen LogP contribution in [-0.4, -0.2) is 9.97 Å². The van der Waals surface area contributed by atoms with Crippen molar-refractivity contribution in [2.24, 2.45) is 5.22 Å². The molecule has 0 fully saturated rings. The number of hydrogen-bond acceptors (Lipinski definition) is 4. The van der Waals surface area contributed by atoms with Crippen LogP contribution in [0.4, 0.5) is 5.82 Å². The Morgan fingerprint density at radius 3 is 2.50 bits per heavy atom. The maximum absolute atomic E-state index is 7.15. The first kappa shape index (κ1) is 18.0. The van der Waals surface area contributed by atoms with Crippen molar-refractivity contribution in [3.8, 4) is 0 Å². The number of rotatable bonds is 5. The van der Waals surface area contributed by atoms with E-state index < -0.39 is 0 Å². The van der Waals surface area contributed by atoms with Gasteiger partial charge in [-0.05, 0) is 68.0 Å². The SMILES string of the molecule is Cc1ccc(CCc2cnc3c(NN=N)nc4cc(C)ccc4c3c2)c(C)c1. The van der Waals surface area contributed by atoms with Crippen LogP contribution in [0.2, 0.25) is 0 Å². The van der Waals surface area contributed by atoms with Crippen LogP contribution < -0.4 is 5.43 Å². The number of nitrogens with one attached hydrogen (secondary N) is 2. The second kappa shape index (κ2) is 7.35. The van der Waals surface area contributed by atoms with E-state index >= 15 is 0 Å². The van der Waals surface area contributed by atoms with Crippen LogP contribution in [0.25, 0.3) is 21.8 Å². The van der Waals surface area contributed by atoms with Crippen molar-refractivity contribution in [3.63, 3.8) is 0 Å². The van der Waals surface area contributed by atoms with Crippen LogP contribution in [0.1, 0.15) is 27.8 Å². The summed E-state index contributed by atoms with van der Waals surface area (Å²) in [5.41, 5.74) is 17.8. The van der Waals surface area contributed by atoms with Crippen LogP contribution in [0, 0.1) is 26.3 Å². The zero-order chi connectivity index (χ0) is 19.7. The van der Waals surface area contributed by atoms with E-state index in [-0.39, 0.29) is 0 Å². The highest BCUT2D eigenvalue weighted by Gasteiger charge is 2.11. The molecule has 0 radical (unpaired) electrons. The summed E-state index contributed by atoms with van der Waals surface area (Å²) in [7, 11) is 0. The van der Waals surface area contributed by atoms with Gasteiger partial charge in [0.1, 0.15) is 5.52 Å². The van der Waals surface area contributed by atoms with Gasteiger partial charge in [0.2, 0.25) is 0 Å². The fourth-order valence-electron chi connectivity index (χ4n) is 3.71. The summed E-state index contributed by atoms with van der Waals surface area (Å²) >= 11 is 0. The molecule has 0 aliphatic carbocycles. The summed E-state index contributed by atoms with van der Waals surface area (Å²) in [6.45, 7) is 6.34. The molecule has 0 saturated heterocycles. The molecule has 2 aromatic carbocycles. The highest BCUT2D eigenvalue weighted by Crippen LogP contribution is 2.29. The largest absolute Gasteiger partial charge is 0.252 e. The standard InChI is InChI=1S/C23H23N5/c1-14-4-7-18(16(3)10-14)8-6-17-12-20-19-9-5-15(2)11-21(19)26-23(27-28-24)22(20)25-13-17/h4-5,7,9-13H,6,8H2,1-3H3,(H2,24,26,27). The quantitative estimate of drug-likeness (QED) is 0.263. The average molecular weight is 369 g/mol. The fraction of sp³-hybridized carbons (Fsp3) is 0.217. The summed E-state index contributed by atoms with van der Waals surface area (Å²) in [6, 6.07) is 15.1. The summed E-state index contributed by atoms with van der Waals surface area (Å²) in [6.07, 6.45) is 3.81. The molecule has 2 N–H and O–H groups in total. The van der Waals surface area contributed by atoms with Gasteiger partial charge in [-0.2, -0.15) is 5.53 Å². The third-order valence-corrected chi connectivity index (χ3v) is 5.19. The van der Waals surface area contributed by atoms with Gasteiger partial charge in [0, 0.05) is 17.0 Å². The molecule has 0 amide bonds. The van der Waals surface area contributed by atoms with Gasteiger partial charge < -0.3 is 0 Å². The van der Waals surface area contributed by atoms with Gasteiger partial charge in [-0.25, -0.2) is 10.4 Å². The Labute approximate surface area is 164 Å². The zero-order valence-electron chi connectivity index (χ0n) is 16.4. The van der Waals surface area contributed by atoms with Crippen molar-refractivity contribution >= 4 is 27.6 Å². The van der Waals surface area contributed by atoms with Crippen molar-refractivity contribution in [3.05, 3.63) is 76.5 Å². The number of aromatic nitrogens is 2. The summed E-state index contributed by atoms with van der Waals surface area (Å²) in [5, 5.41) is 5.40. The molecular formula is C23H23N5. The lowest BCUT2D eigenvalue weighted by Crippen LogP contribution is -1.99. The molecule has 4 aromatic rings. The third-order valence-electron chi connectivity index (χ3n) is 5.19. The van der Waals surface area contributed by atoms with Crippen LogP contribution in [0.5, 0.6) is 0 Å². The number of anilines is 1. The van der Waals surface area contributed by atoms with Gasteiger partial charge >= 0.3 is 0 Å². The lowest BCUT2D eigenvalue weighted by molar-refractivity contribution is 0.942. The molecule has 2 heterocycles. The number of hydrogen-bond donors (Lipinski definition) is 2. The van der Waals surface area contributed by atoms with Crippen molar-refractivity contribution in [2.45, 2.75) is 33.6 Å². The highest BCUT2D eigenvalue weighted by atomic mass is 15.4. The van der Waals surface area contributed by atoms with Gasteiger partial charge in [0.05, 0.1) is 5.52 Å². The number of benzene rings is 2. The Balaban J connectivity index is 1.76. The van der Waals surface area contributed by atoms with Gasteiger partial charge in [0.15, 0.2) is 5.82 Å². The Kier molecular flexibility index (Phi) is 4.74. The molecule has 0 unspecified atom stereocenters. The van der Waals surface area contributed by atoms with Gasteiger partial charge in [-0.1, -0.05) is 41.1 Å². The monoisotopic (exact) mass is 369 g/mol. The predicted octanol–water partition coefficient (Wildman–Crippen LogP) is 5.85. The normalized spacial score (nSPS) is 11.1. The molecule has 28 heavy (non-hydrogen) atoms. The second-order valence-corrected chi connectivity index (χ2v) is 7.37. The first-order chi connectivity index (χ1) is 13.5. The zero-order valence-corrected chi connectivity index (χ0v) is 16.4. The summed E-state index contributed by atoms with van der Waals surface area (Å²) in [4.78, 5) is 9.26. The molecule has 5 heteroatoms. The predicted molar refractivity (Wildman–Crippen MR) is 114 cm³/mol. The van der Waals surface area contributed by atoms with E-state index in [2.05, 4.69) is 70.9 Å². The Bertz CT molecular complexity index is 1200. The van der Waals surface area contributed by atoms with Crippen molar-refractivity contribution in [1.82, 2.24) is 9.97 Å². The van der Waals surface area contributed by atoms with E-state index in [1.54, 1.807) is 0 Å². The first-order valence-corrected chi connectivity index (χ1v) is 9.43. The van der Waals surface area contributed by atoms with Crippen LogP contribution in [0.15, 0.2) is 53.9 Å². The van der Waals surface area contributed by atoms with E-state index in [1.807, 2.05) is 19.2 Å². The molecule has 0 bridgehead atoms. The molecular weight excluding hydrogens is 346 g/mol. The van der Waals surface area contributed by atoms with E-state index in [1.165, 1.54) is 22.3 Å². The van der Waals surface area contributed by atoms with Gasteiger partial charge in [0.25, 0.3) is 0 Å². The minimum atomic E-state index is 0.518. The second-order valence-electron chi connectivity index (χ2n) is 7.37. The summed E-state index contributed by atoms with van der Waals surface area (Å²) < 4.78 is 0. The van der Waals surface area contributed by atoms with Crippen molar-refractivity contribution in [2.75, 3.05) is 5.43 Å². The van der Waals surface area contributed by atoms with E-state index in [0.717, 1.165) is 40.2 Å². The minimum Gasteiger partial charge on any atom is -0.252 e. The number of nitrogens with zero attached hydrogens (tertiary/aromatic N) is 3. The molecule has 0 atom stereocenters. The van der Waals surface area contributed by atoms with Crippen LogP contribution >= 0.6 is 0 Å². The molecule has 0 saturated carbocycles. The maximum Gasteiger partial charge on any atom is 0.175 e. The lowest BCUT2D eigenvalue weighted by atomic mass is 9.98. The Hall–Kier alpha value is -3.34. The maximum atomic E-state index is 7.15. The van der Waals surface area contributed by atoms with E-state index in [9.17, 15) is 0 Å². The van der Waals surface area contributed by atoms with Crippen molar-refractivity contribution in [1.29, 1.82) is 5.53 Å². The third kappa shape index (κ3) is 3.43. The number of pyridine rings is 2. The molecule has 2 aromatic heterocycles. The van der Waals surface area contributed by atoms with Gasteiger partial charge in [-0.15, -0.1) is 0 Å². The molecule has 4 rings (SSSR count). The number of fused-ring (bicyclic) bond motifs is 3. The topological polar surface area (TPSA) is 74.0 Å². The molecule has 0 aliphatic heterocycles. The smallest absolute Gasteiger partial charge is 0.175 e. The Morgan fingerprint density at radius 2 is 1.71 bits per heavy atom. The molecule has 0 spiro atoms. The lowest BCUT2D eigenvalue weighted by Gasteiger charge is -2.11. The minimum absolute atomic E-state index is 0.518. The van der Waals surface area contributed by atoms with Crippen LogP contribution in [0.3, 0.4) is 0 Å². The fourth-order valence-corrected chi connectivity index (χ4v) is 3.71. The molecule has 140 valence electrons. The van der Waals surface area contributed by atoms with Crippen LogP contribution in [-0.2, 0) is 12.8 Å². The van der Waals surface area contributed by atoms with Gasteiger partial charge in [-0.3, -0.25) is 4.98 Å². The summed E-state index contributed by atoms with van der Waals surface area (Å²) in [5.74, 6) is 0.518. The average Bonchev–Trinajstić information content (AvgIpc) is 2.67. The Morgan fingerprint density at radius 1 is 0.929 bits per heavy atom. The molecule has 0 aliphatic rings. The number of aryl methyl sites for hydroxylation is 5.